The highest BCUT2D eigenvalue weighted by Crippen LogP contribution is 2.28. The van der Waals surface area contributed by atoms with Crippen LogP contribution in [0.5, 0.6) is 0 Å². The molecule has 0 spiro atoms. The predicted octanol–water partition coefficient (Wildman–Crippen LogP) is 1.43. The molecular weight excluding hydrogens is 214 g/mol. The highest BCUT2D eigenvalue weighted by Gasteiger charge is 2.22. The maximum atomic E-state index is 12.1. The molecule has 0 saturated heterocycles. The normalized spacial score (nSPS) is 17.1. The first kappa shape index (κ1) is 11.9. The zero-order valence-electron chi connectivity index (χ0n) is 10.1. The van der Waals surface area contributed by atoms with E-state index in [0.29, 0.717) is 32.0 Å². The van der Waals surface area contributed by atoms with Crippen molar-refractivity contribution in [1.82, 2.24) is 0 Å². The van der Waals surface area contributed by atoms with Gasteiger partial charge >= 0.3 is 0 Å². The monoisotopic (exact) mass is 233 g/mol. The van der Waals surface area contributed by atoms with E-state index < -0.39 is 0 Å². The molecule has 0 saturated carbocycles. The quantitative estimate of drug-likeness (QED) is 0.830. The Kier molecular flexibility index (Phi) is 3.64. The Morgan fingerprint density at radius 2 is 2.24 bits per heavy atom. The molecule has 0 bridgehead atoms. The Balaban J connectivity index is 2.30. The molecule has 1 aromatic rings. The number of nitrogens with two attached hydrogens (primary N) is 1. The summed E-state index contributed by atoms with van der Waals surface area (Å²) in [5, 5.41) is 3.28. The minimum atomic E-state index is 0.169. The van der Waals surface area contributed by atoms with Gasteiger partial charge in [0, 0.05) is 19.5 Å². The van der Waals surface area contributed by atoms with Crippen LogP contribution in [0.15, 0.2) is 24.3 Å². The maximum absolute atomic E-state index is 12.1. The largest absolute Gasteiger partial charge is 0.383 e. The van der Waals surface area contributed by atoms with Crippen LogP contribution in [0.3, 0.4) is 0 Å². The summed E-state index contributed by atoms with van der Waals surface area (Å²) >= 11 is 0. The SMILES string of the molecule is CC(CN)CN1C(=O)CCNc2ccccc21. The number of benzene rings is 1. The van der Waals surface area contributed by atoms with Crippen molar-refractivity contribution in [3.8, 4) is 0 Å². The van der Waals surface area contributed by atoms with Crippen LogP contribution in [-0.2, 0) is 4.79 Å². The summed E-state index contributed by atoms with van der Waals surface area (Å²) in [7, 11) is 0. The van der Waals surface area contributed by atoms with Crippen molar-refractivity contribution in [2.75, 3.05) is 29.9 Å². The molecule has 0 radical (unpaired) electrons. The van der Waals surface area contributed by atoms with Crippen molar-refractivity contribution in [1.29, 1.82) is 0 Å². The van der Waals surface area contributed by atoms with Gasteiger partial charge in [-0.15, -0.1) is 0 Å². The third-order valence-corrected chi connectivity index (χ3v) is 3.05. The van der Waals surface area contributed by atoms with Crippen molar-refractivity contribution < 1.29 is 4.79 Å². The maximum Gasteiger partial charge on any atom is 0.228 e. The molecule has 4 nitrogen and oxygen atoms in total. The number of amides is 1. The number of hydrogen-bond acceptors (Lipinski definition) is 3. The van der Waals surface area contributed by atoms with Crippen molar-refractivity contribution in [2.24, 2.45) is 11.7 Å². The lowest BCUT2D eigenvalue weighted by molar-refractivity contribution is -0.118. The lowest BCUT2D eigenvalue weighted by Crippen LogP contribution is -2.36. The van der Waals surface area contributed by atoms with Crippen molar-refractivity contribution in [2.45, 2.75) is 13.3 Å². The minimum Gasteiger partial charge on any atom is -0.383 e. The molecule has 0 aromatic heterocycles. The molecule has 2 rings (SSSR count). The summed E-state index contributed by atoms with van der Waals surface area (Å²) < 4.78 is 0. The second-order valence-electron chi connectivity index (χ2n) is 4.54. The number of hydrogen-bond donors (Lipinski definition) is 2. The molecule has 1 unspecified atom stereocenters. The van der Waals surface area contributed by atoms with Crippen LogP contribution in [0.25, 0.3) is 0 Å². The summed E-state index contributed by atoms with van der Waals surface area (Å²) in [6.07, 6.45) is 0.534. The molecule has 4 heteroatoms. The van der Waals surface area contributed by atoms with E-state index in [1.807, 2.05) is 29.2 Å². The first-order valence-electron chi connectivity index (χ1n) is 6.05. The van der Waals surface area contributed by atoms with Crippen molar-refractivity contribution >= 4 is 17.3 Å². The lowest BCUT2D eigenvalue weighted by atomic mass is 10.1. The smallest absolute Gasteiger partial charge is 0.228 e. The first-order chi connectivity index (χ1) is 8.22. The van der Waals surface area contributed by atoms with Gasteiger partial charge in [-0.05, 0) is 24.6 Å². The summed E-state index contributed by atoms with van der Waals surface area (Å²) in [5.41, 5.74) is 7.64. The van der Waals surface area contributed by atoms with Crippen LogP contribution < -0.4 is 16.0 Å². The van der Waals surface area contributed by atoms with E-state index >= 15 is 0 Å². The van der Waals surface area contributed by atoms with E-state index in [-0.39, 0.29) is 5.91 Å². The predicted molar refractivity (Wildman–Crippen MR) is 70.1 cm³/mol. The van der Waals surface area contributed by atoms with Gasteiger partial charge < -0.3 is 16.0 Å². The zero-order valence-corrected chi connectivity index (χ0v) is 10.1. The number of fused-ring (bicyclic) bond motifs is 1. The fourth-order valence-corrected chi connectivity index (χ4v) is 2.02. The van der Waals surface area contributed by atoms with E-state index in [0.717, 1.165) is 11.4 Å². The molecule has 92 valence electrons. The Morgan fingerprint density at radius 1 is 1.47 bits per heavy atom. The number of para-hydroxylation sites is 2. The molecule has 1 heterocycles. The average Bonchev–Trinajstić information content (AvgIpc) is 2.50. The molecule has 0 aliphatic carbocycles. The van der Waals surface area contributed by atoms with Gasteiger partial charge in [-0.1, -0.05) is 19.1 Å². The molecule has 1 aliphatic heterocycles. The molecule has 1 atom stereocenters. The number of nitrogens with one attached hydrogen (secondary N) is 1. The van der Waals surface area contributed by atoms with Crippen LogP contribution in [0, 0.1) is 5.92 Å². The third kappa shape index (κ3) is 2.58. The average molecular weight is 233 g/mol. The Bertz CT molecular complexity index is 405. The molecule has 1 amide bonds. The number of nitrogens with zero attached hydrogens (tertiary/aromatic N) is 1. The number of carbonyl (C=O) groups is 1. The van der Waals surface area contributed by atoms with Gasteiger partial charge in [-0.2, -0.15) is 0 Å². The molecule has 0 fully saturated rings. The van der Waals surface area contributed by atoms with Gasteiger partial charge in [0.05, 0.1) is 11.4 Å². The Labute approximate surface area is 102 Å². The standard InChI is InChI=1S/C13H19N3O/c1-10(8-14)9-16-12-5-3-2-4-11(12)15-7-6-13(16)17/h2-5,10,15H,6-9,14H2,1H3. The second kappa shape index (κ2) is 5.19. The van der Waals surface area contributed by atoms with Gasteiger partial charge in [0.25, 0.3) is 0 Å². The number of rotatable bonds is 3. The van der Waals surface area contributed by atoms with Crippen molar-refractivity contribution in [3.63, 3.8) is 0 Å². The van der Waals surface area contributed by atoms with Crippen LogP contribution in [-0.4, -0.2) is 25.5 Å². The summed E-state index contributed by atoms with van der Waals surface area (Å²) in [6, 6.07) is 7.92. The van der Waals surface area contributed by atoms with Gasteiger partial charge in [0.15, 0.2) is 0 Å². The molecule has 1 aromatic carbocycles. The minimum absolute atomic E-state index is 0.169. The summed E-state index contributed by atoms with van der Waals surface area (Å²) in [4.78, 5) is 13.9. The van der Waals surface area contributed by atoms with Crippen LogP contribution >= 0.6 is 0 Å². The zero-order chi connectivity index (χ0) is 12.3. The van der Waals surface area contributed by atoms with Gasteiger partial charge in [0.1, 0.15) is 0 Å². The Morgan fingerprint density at radius 3 is 3.00 bits per heavy atom. The fraction of sp³-hybridized carbons (Fsp3) is 0.462. The lowest BCUT2D eigenvalue weighted by Gasteiger charge is -2.25. The van der Waals surface area contributed by atoms with Gasteiger partial charge in [0.2, 0.25) is 5.91 Å². The topological polar surface area (TPSA) is 58.4 Å². The molecule has 3 N–H and O–H groups in total. The number of carbonyl (C=O) groups excluding carboxylic acids is 1. The highest BCUT2D eigenvalue weighted by atomic mass is 16.2. The van der Waals surface area contributed by atoms with Crippen LogP contribution in [0.2, 0.25) is 0 Å². The van der Waals surface area contributed by atoms with E-state index in [1.54, 1.807) is 0 Å². The highest BCUT2D eigenvalue weighted by molar-refractivity contribution is 5.98. The van der Waals surface area contributed by atoms with E-state index in [9.17, 15) is 4.79 Å². The third-order valence-electron chi connectivity index (χ3n) is 3.05. The molecular formula is C13H19N3O. The fourth-order valence-electron chi connectivity index (χ4n) is 2.02. The Hall–Kier alpha value is -1.55. The second-order valence-corrected chi connectivity index (χ2v) is 4.54. The van der Waals surface area contributed by atoms with Crippen molar-refractivity contribution in [3.05, 3.63) is 24.3 Å². The van der Waals surface area contributed by atoms with E-state index in [1.165, 1.54) is 0 Å². The van der Waals surface area contributed by atoms with Crippen LogP contribution in [0.4, 0.5) is 11.4 Å². The number of anilines is 2. The van der Waals surface area contributed by atoms with Gasteiger partial charge in [-0.25, -0.2) is 0 Å². The van der Waals surface area contributed by atoms with Gasteiger partial charge in [-0.3, -0.25) is 4.79 Å². The molecule has 1 aliphatic rings. The first-order valence-corrected chi connectivity index (χ1v) is 6.05. The van der Waals surface area contributed by atoms with E-state index in [4.69, 9.17) is 5.73 Å². The molecule has 17 heavy (non-hydrogen) atoms. The van der Waals surface area contributed by atoms with Crippen LogP contribution in [0.1, 0.15) is 13.3 Å². The summed E-state index contributed by atoms with van der Waals surface area (Å²) in [5.74, 6) is 0.479. The van der Waals surface area contributed by atoms with E-state index in [2.05, 4.69) is 12.2 Å². The summed E-state index contributed by atoms with van der Waals surface area (Å²) in [6.45, 7) is 4.05.